The standard InChI is InChI=1S/C23H31N3O2/c1-17-8-6-7-9-20(17)21-11-10-19(24-18(21)2)16-25-12-14-26(15-13-25)22(27)28-23(3,4)5/h6-11H,12-16H2,1-5H3. The van der Waals surface area contributed by atoms with Gasteiger partial charge in [-0.1, -0.05) is 30.3 Å². The Morgan fingerprint density at radius 2 is 1.68 bits per heavy atom. The van der Waals surface area contributed by atoms with Crippen LogP contribution >= 0.6 is 0 Å². The molecule has 0 aliphatic carbocycles. The lowest BCUT2D eigenvalue weighted by Crippen LogP contribution is -2.49. The first-order chi connectivity index (χ1) is 13.2. The van der Waals surface area contributed by atoms with E-state index in [0.717, 1.165) is 31.0 Å². The van der Waals surface area contributed by atoms with Gasteiger partial charge < -0.3 is 9.64 Å². The number of aromatic nitrogens is 1. The normalized spacial score (nSPS) is 15.5. The molecule has 0 saturated carbocycles. The molecule has 1 aliphatic rings. The molecule has 1 saturated heterocycles. The van der Waals surface area contributed by atoms with Gasteiger partial charge in [0, 0.05) is 44.0 Å². The van der Waals surface area contributed by atoms with Gasteiger partial charge in [-0.3, -0.25) is 9.88 Å². The van der Waals surface area contributed by atoms with Crippen LogP contribution in [0.25, 0.3) is 11.1 Å². The second-order valence-electron chi connectivity index (χ2n) is 8.49. The molecule has 2 aromatic rings. The molecule has 3 rings (SSSR count). The SMILES string of the molecule is Cc1ccccc1-c1ccc(CN2CCN(C(=O)OC(C)(C)C)CC2)nc1C. The maximum Gasteiger partial charge on any atom is 0.410 e. The lowest BCUT2D eigenvalue weighted by molar-refractivity contribution is 0.0138. The van der Waals surface area contributed by atoms with Crippen molar-refractivity contribution in [1.82, 2.24) is 14.8 Å². The molecule has 0 radical (unpaired) electrons. The van der Waals surface area contributed by atoms with Gasteiger partial charge in [-0.25, -0.2) is 4.79 Å². The number of hydrogen-bond acceptors (Lipinski definition) is 4. The number of nitrogens with zero attached hydrogens (tertiary/aromatic N) is 3. The molecule has 0 bridgehead atoms. The fraction of sp³-hybridized carbons (Fsp3) is 0.478. The molecule has 1 amide bonds. The van der Waals surface area contributed by atoms with Crippen LogP contribution in [0.4, 0.5) is 4.79 Å². The predicted molar refractivity (Wildman–Crippen MR) is 112 cm³/mol. The van der Waals surface area contributed by atoms with Gasteiger partial charge in [0.25, 0.3) is 0 Å². The van der Waals surface area contributed by atoms with E-state index in [1.54, 1.807) is 4.90 Å². The molecule has 5 heteroatoms. The van der Waals surface area contributed by atoms with Gasteiger partial charge in [-0.15, -0.1) is 0 Å². The van der Waals surface area contributed by atoms with Crippen LogP contribution in [0.1, 0.15) is 37.7 Å². The molecule has 150 valence electrons. The molecule has 1 aromatic carbocycles. The largest absolute Gasteiger partial charge is 0.444 e. The first kappa shape index (κ1) is 20.3. The Labute approximate surface area is 168 Å². The third kappa shape index (κ3) is 5.10. The van der Waals surface area contributed by atoms with Crippen LogP contribution in [0.15, 0.2) is 36.4 Å². The number of pyridine rings is 1. The zero-order valence-electron chi connectivity index (χ0n) is 17.7. The molecule has 28 heavy (non-hydrogen) atoms. The number of carbonyl (C=O) groups excluding carboxylic acids is 1. The number of amides is 1. The van der Waals surface area contributed by atoms with Crippen molar-refractivity contribution in [3.63, 3.8) is 0 Å². The van der Waals surface area contributed by atoms with Crippen LogP contribution in [0.2, 0.25) is 0 Å². The minimum atomic E-state index is -0.450. The summed E-state index contributed by atoms with van der Waals surface area (Å²) in [6.07, 6.45) is -0.219. The quantitative estimate of drug-likeness (QED) is 0.790. The number of piperazine rings is 1. The van der Waals surface area contributed by atoms with Gasteiger partial charge in [0.1, 0.15) is 5.60 Å². The fourth-order valence-electron chi connectivity index (χ4n) is 3.51. The molecule has 1 aromatic heterocycles. The van der Waals surface area contributed by atoms with Crippen LogP contribution in [0.3, 0.4) is 0 Å². The van der Waals surface area contributed by atoms with Gasteiger partial charge in [-0.05, 0) is 51.8 Å². The molecule has 0 atom stereocenters. The molecule has 2 heterocycles. The van der Waals surface area contributed by atoms with Crippen LogP contribution in [-0.4, -0.2) is 52.7 Å². The molecule has 1 aliphatic heterocycles. The topological polar surface area (TPSA) is 45.7 Å². The smallest absolute Gasteiger partial charge is 0.410 e. The van der Waals surface area contributed by atoms with Crippen molar-refractivity contribution >= 4 is 6.09 Å². The highest BCUT2D eigenvalue weighted by molar-refractivity contribution is 5.69. The lowest BCUT2D eigenvalue weighted by Gasteiger charge is -2.35. The Morgan fingerprint density at radius 1 is 1.00 bits per heavy atom. The number of aryl methyl sites for hydroxylation is 2. The molecule has 5 nitrogen and oxygen atoms in total. The summed E-state index contributed by atoms with van der Waals surface area (Å²) < 4.78 is 5.47. The first-order valence-corrected chi connectivity index (χ1v) is 9.96. The Kier molecular flexibility index (Phi) is 6.04. The average Bonchev–Trinajstić information content (AvgIpc) is 2.62. The van der Waals surface area contributed by atoms with Gasteiger partial charge in [0.15, 0.2) is 0 Å². The molecule has 1 fully saturated rings. The van der Waals surface area contributed by atoms with E-state index >= 15 is 0 Å². The zero-order chi connectivity index (χ0) is 20.3. The highest BCUT2D eigenvalue weighted by atomic mass is 16.6. The maximum atomic E-state index is 12.2. The number of benzene rings is 1. The lowest BCUT2D eigenvalue weighted by atomic mass is 9.99. The minimum Gasteiger partial charge on any atom is -0.444 e. The molecular formula is C23H31N3O2. The third-order valence-electron chi connectivity index (χ3n) is 4.99. The molecule has 0 unspecified atom stereocenters. The molecule has 0 N–H and O–H groups in total. The summed E-state index contributed by atoms with van der Waals surface area (Å²) in [7, 11) is 0. The van der Waals surface area contributed by atoms with E-state index in [-0.39, 0.29) is 6.09 Å². The summed E-state index contributed by atoms with van der Waals surface area (Å²) in [6, 6.07) is 12.7. The van der Waals surface area contributed by atoms with Gasteiger partial charge in [0.2, 0.25) is 0 Å². The first-order valence-electron chi connectivity index (χ1n) is 9.96. The molecule has 0 spiro atoms. The summed E-state index contributed by atoms with van der Waals surface area (Å²) in [4.78, 5) is 21.2. The number of carbonyl (C=O) groups is 1. The van der Waals surface area contributed by atoms with Crippen molar-refractivity contribution in [3.05, 3.63) is 53.3 Å². The Balaban J connectivity index is 1.59. The second-order valence-corrected chi connectivity index (χ2v) is 8.49. The average molecular weight is 382 g/mol. The van der Waals surface area contributed by atoms with Crippen LogP contribution in [0.5, 0.6) is 0 Å². The van der Waals surface area contributed by atoms with E-state index in [4.69, 9.17) is 9.72 Å². The summed E-state index contributed by atoms with van der Waals surface area (Å²) in [6.45, 7) is 13.8. The fourth-order valence-corrected chi connectivity index (χ4v) is 3.51. The van der Waals surface area contributed by atoms with E-state index in [2.05, 4.69) is 55.1 Å². The van der Waals surface area contributed by atoms with Gasteiger partial charge in [0.05, 0.1) is 5.69 Å². The van der Waals surface area contributed by atoms with Crippen LogP contribution in [0, 0.1) is 13.8 Å². The monoisotopic (exact) mass is 381 g/mol. The minimum absolute atomic E-state index is 0.219. The highest BCUT2D eigenvalue weighted by Crippen LogP contribution is 2.26. The van der Waals surface area contributed by atoms with Gasteiger partial charge in [-0.2, -0.15) is 0 Å². The van der Waals surface area contributed by atoms with E-state index in [0.29, 0.717) is 13.1 Å². The van der Waals surface area contributed by atoms with E-state index in [1.165, 1.54) is 16.7 Å². The van der Waals surface area contributed by atoms with Crippen molar-refractivity contribution in [2.75, 3.05) is 26.2 Å². The van der Waals surface area contributed by atoms with Crippen molar-refractivity contribution in [2.24, 2.45) is 0 Å². The predicted octanol–water partition coefficient (Wildman–Crippen LogP) is 4.42. The van der Waals surface area contributed by atoms with Crippen molar-refractivity contribution < 1.29 is 9.53 Å². The van der Waals surface area contributed by atoms with Gasteiger partial charge >= 0.3 is 6.09 Å². The Hall–Kier alpha value is -2.40. The van der Waals surface area contributed by atoms with Crippen molar-refractivity contribution in [2.45, 2.75) is 46.8 Å². The van der Waals surface area contributed by atoms with Crippen molar-refractivity contribution in [1.29, 1.82) is 0 Å². The van der Waals surface area contributed by atoms with E-state index < -0.39 is 5.60 Å². The Bertz CT molecular complexity index is 834. The number of rotatable bonds is 3. The van der Waals surface area contributed by atoms with Crippen LogP contribution in [-0.2, 0) is 11.3 Å². The van der Waals surface area contributed by atoms with Crippen molar-refractivity contribution in [3.8, 4) is 11.1 Å². The number of ether oxygens (including phenoxy) is 1. The third-order valence-corrected chi connectivity index (χ3v) is 4.99. The van der Waals surface area contributed by atoms with E-state index in [9.17, 15) is 4.79 Å². The summed E-state index contributed by atoms with van der Waals surface area (Å²) in [5.74, 6) is 0. The Morgan fingerprint density at radius 3 is 2.29 bits per heavy atom. The summed E-state index contributed by atoms with van der Waals surface area (Å²) in [5, 5.41) is 0. The van der Waals surface area contributed by atoms with E-state index in [1.807, 2.05) is 20.8 Å². The van der Waals surface area contributed by atoms with Crippen LogP contribution < -0.4 is 0 Å². The highest BCUT2D eigenvalue weighted by Gasteiger charge is 2.26. The zero-order valence-corrected chi connectivity index (χ0v) is 17.7. The number of hydrogen-bond donors (Lipinski definition) is 0. The molecular weight excluding hydrogens is 350 g/mol. The summed E-state index contributed by atoms with van der Waals surface area (Å²) in [5.41, 5.74) is 5.37. The summed E-state index contributed by atoms with van der Waals surface area (Å²) >= 11 is 0. The maximum absolute atomic E-state index is 12.2. The second kappa shape index (κ2) is 8.31.